The number of likely N-dealkylation sites (tertiary alicyclic amines) is 1. The summed E-state index contributed by atoms with van der Waals surface area (Å²) in [6.45, 7) is 7.48. The highest BCUT2D eigenvalue weighted by molar-refractivity contribution is 5.77. The number of carboxylic acid groups (broad SMARTS) is 1. The van der Waals surface area contributed by atoms with Gasteiger partial charge in [-0.25, -0.2) is 4.79 Å². The molecule has 1 saturated heterocycles. The van der Waals surface area contributed by atoms with Crippen LogP contribution in [0.4, 0.5) is 4.79 Å². The molecule has 2 rings (SSSR count). The summed E-state index contributed by atoms with van der Waals surface area (Å²) in [4.78, 5) is 24.9. The Labute approximate surface area is 147 Å². The molecule has 138 valence electrons. The first-order valence-electron chi connectivity index (χ1n) is 8.64. The summed E-state index contributed by atoms with van der Waals surface area (Å²) in [5.74, 6) is -0.00200. The summed E-state index contributed by atoms with van der Waals surface area (Å²) >= 11 is 0. The Bertz CT molecular complexity index is 619. The second-order valence-electron chi connectivity index (χ2n) is 6.01. The summed E-state index contributed by atoms with van der Waals surface area (Å²) in [5, 5.41) is 12.0. The van der Waals surface area contributed by atoms with Crippen molar-refractivity contribution >= 4 is 12.0 Å². The van der Waals surface area contributed by atoms with Gasteiger partial charge >= 0.3 is 12.0 Å². The minimum Gasteiger partial charge on any atom is -0.490 e. The largest absolute Gasteiger partial charge is 0.490 e. The minimum atomic E-state index is -0.851. The zero-order valence-electron chi connectivity index (χ0n) is 14.9. The quantitative estimate of drug-likeness (QED) is 0.789. The Morgan fingerprint density at radius 1 is 1.28 bits per heavy atom. The van der Waals surface area contributed by atoms with Crippen LogP contribution in [0.5, 0.6) is 11.5 Å². The zero-order valence-corrected chi connectivity index (χ0v) is 14.9. The first-order chi connectivity index (χ1) is 12.0. The van der Waals surface area contributed by atoms with Gasteiger partial charge in [-0.05, 0) is 44.9 Å². The lowest BCUT2D eigenvalue weighted by atomic mass is 10.1. The number of nitrogens with one attached hydrogen (secondary N) is 1. The molecular formula is C18H26N2O5. The number of urea groups is 1. The van der Waals surface area contributed by atoms with Crippen LogP contribution in [-0.4, -0.2) is 48.3 Å². The van der Waals surface area contributed by atoms with Crippen LogP contribution in [0.3, 0.4) is 0 Å². The van der Waals surface area contributed by atoms with Gasteiger partial charge in [0.05, 0.1) is 25.2 Å². The molecule has 1 aromatic rings. The zero-order chi connectivity index (χ0) is 18.4. The lowest BCUT2D eigenvalue weighted by molar-refractivity contribution is -0.141. The van der Waals surface area contributed by atoms with E-state index in [4.69, 9.17) is 14.6 Å². The van der Waals surface area contributed by atoms with Crippen LogP contribution < -0.4 is 14.8 Å². The molecule has 1 aromatic carbocycles. The third-order valence-electron chi connectivity index (χ3n) is 4.23. The number of carbonyl (C=O) groups is 2. The van der Waals surface area contributed by atoms with Crippen LogP contribution in [0.1, 0.15) is 38.8 Å². The molecule has 2 atom stereocenters. The highest BCUT2D eigenvalue weighted by Gasteiger charge is 2.31. The number of ether oxygens (including phenoxy) is 2. The van der Waals surface area contributed by atoms with E-state index < -0.39 is 11.9 Å². The Morgan fingerprint density at radius 2 is 1.96 bits per heavy atom. The summed E-state index contributed by atoms with van der Waals surface area (Å²) in [6.07, 6.45) is 0.495. The van der Waals surface area contributed by atoms with Crippen molar-refractivity contribution in [1.82, 2.24) is 10.2 Å². The molecule has 0 saturated carbocycles. The van der Waals surface area contributed by atoms with Crippen molar-refractivity contribution in [2.75, 3.05) is 26.3 Å². The van der Waals surface area contributed by atoms with Crippen molar-refractivity contribution in [3.63, 3.8) is 0 Å². The van der Waals surface area contributed by atoms with Gasteiger partial charge in [-0.1, -0.05) is 6.07 Å². The Balaban J connectivity index is 2.02. The predicted octanol–water partition coefficient (Wildman–Crippen LogP) is 2.66. The maximum atomic E-state index is 12.3. The fraction of sp³-hybridized carbons (Fsp3) is 0.556. The van der Waals surface area contributed by atoms with Crippen LogP contribution >= 0.6 is 0 Å². The van der Waals surface area contributed by atoms with E-state index in [2.05, 4.69) is 5.32 Å². The molecule has 1 fully saturated rings. The maximum Gasteiger partial charge on any atom is 0.317 e. The van der Waals surface area contributed by atoms with E-state index in [9.17, 15) is 9.59 Å². The molecule has 0 aliphatic carbocycles. The number of hydrogen-bond acceptors (Lipinski definition) is 4. The Kier molecular flexibility index (Phi) is 6.50. The van der Waals surface area contributed by atoms with Gasteiger partial charge in [0.15, 0.2) is 11.5 Å². The van der Waals surface area contributed by atoms with Crippen molar-refractivity contribution in [2.24, 2.45) is 5.92 Å². The van der Waals surface area contributed by atoms with Gasteiger partial charge < -0.3 is 24.8 Å². The second kappa shape index (κ2) is 8.60. The minimum absolute atomic E-state index is 0.230. The van der Waals surface area contributed by atoms with Crippen molar-refractivity contribution in [2.45, 2.75) is 33.2 Å². The van der Waals surface area contributed by atoms with Gasteiger partial charge in [0.2, 0.25) is 0 Å². The summed E-state index contributed by atoms with van der Waals surface area (Å²) in [5.41, 5.74) is 0.897. The van der Waals surface area contributed by atoms with Crippen LogP contribution in [-0.2, 0) is 4.79 Å². The number of rotatable bonds is 7. The molecule has 0 radical (unpaired) electrons. The summed E-state index contributed by atoms with van der Waals surface area (Å²) < 4.78 is 11.2. The van der Waals surface area contributed by atoms with E-state index in [-0.39, 0.29) is 18.6 Å². The molecular weight excluding hydrogens is 324 g/mol. The first-order valence-corrected chi connectivity index (χ1v) is 8.64. The second-order valence-corrected chi connectivity index (χ2v) is 6.01. The fourth-order valence-corrected chi connectivity index (χ4v) is 2.84. The predicted molar refractivity (Wildman–Crippen MR) is 93.0 cm³/mol. The topological polar surface area (TPSA) is 88.1 Å². The highest BCUT2D eigenvalue weighted by Crippen LogP contribution is 2.31. The third-order valence-corrected chi connectivity index (χ3v) is 4.23. The lowest BCUT2D eigenvalue weighted by Crippen LogP contribution is -2.40. The molecule has 1 aliphatic heterocycles. The average molecular weight is 350 g/mol. The van der Waals surface area contributed by atoms with Crippen LogP contribution in [0.2, 0.25) is 0 Å². The van der Waals surface area contributed by atoms with Crippen molar-refractivity contribution in [3.05, 3.63) is 23.8 Å². The molecule has 2 amide bonds. The van der Waals surface area contributed by atoms with E-state index in [0.717, 1.165) is 5.56 Å². The number of carboxylic acids is 1. The van der Waals surface area contributed by atoms with E-state index >= 15 is 0 Å². The molecule has 2 N–H and O–H groups in total. The van der Waals surface area contributed by atoms with Gasteiger partial charge in [0.1, 0.15) is 0 Å². The van der Waals surface area contributed by atoms with E-state index in [1.807, 2.05) is 39.0 Å². The molecule has 0 spiro atoms. The summed E-state index contributed by atoms with van der Waals surface area (Å²) in [7, 11) is 0. The molecule has 0 bridgehead atoms. The van der Waals surface area contributed by atoms with Gasteiger partial charge in [0, 0.05) is 13.1 Å². The van der Waals surface area contributed by atoms with E-state index in [1.54, 1.807) is 4.90 Å². The monoisotopic (exact) mass is 350 g/mol. The van der Waals surface area contributed by atoms with Gasteiger partial charge in [-0.15, -0.1) is 0 Å². The molecule has 0 aromatic heterocycles. The number of amides is 2. The van der Waals surface area contributed by atoms with Crippen LogP contribution in [0.15, 0.2) is 18.2 Å². The standard InChI is InChI=1S/C18H26N2O5/c1-4-24-15-7-6-13(10-16(15)25-5-2)12(3)19-18(23)20-9-8-14(11-20)17(21)22/h6-7,10,12,14H,4-5,8-9,11H2,1-3H3,(H,19,23)(H,21,22). The molecule has 7 nitrogen and oxygen atoms in total. The van der Waals surface area contributed by atoms with Crippen molar-refractivity contribution < 1.29 is 24.2 Å². The van der Waals surface area contributed by atoms with Gasteiger partial charge in [0.25, 0.3) is 0 Å². The van der Waals surface area contributed by atoms with Gasteiger partial charge in [-0.2, -0.15) is 0 Å². The molecule has 1 aliphatic rings. The molecule has 7 heteroatoms. The van der Waals surface area contributed by atoms with Crippen LogP contribution in [0, 0.1) is 5.92 Å². The number of benzene rings is 1. The molecule has 2 unspecified atom stereocenters. The number of carbonyl (C=O) groups excluding carboxylic acids is 1. The number of hydrogen-bond donors (Lipinski definition) is 2. The van der Waals surface area contributed by atoms with Crippen molar-refractivity contribution in [3.8, 4) is 11.5 Å². The summed E-state index contributed by atoms with van der Waals surface area (Å²) in [6, 6.07) is 5.11. The average Bonchev–Trinajstić information content (AvgIpc) is 3.07. The number of nitrogens with zero attached hydrogens (tertiary/aromatic N) is 1. The fourth-order valence-electron chi connectivity index (χ4n) is 2.84. The van der Waals surface area contributed by atoms with Gasteiger partial charge in [-0.3, -0.25) is 4.79 Å². The smallest absolute Gasteiger partial charge is 0.317 e. The first kappa shape index (κ1) is 18.9. The van der Waals surface area contributed by atoms with Crippen molar-refractivity contribution in [1.29, 1.82) is 0 Å². The maximum absolute atomic E-state index is 12.3. The lowest BCUT2D eigenvalue weighted by Gasteiger charge is -2.22. The third kappa shape index (κ3) is 4.78. The normalized spacial score (nSPS) is 17.9. The van der Waals surface area contributed by atoms with E-state index in [0.29, 0.717) is 37.7 Å². The molecule has 1 heterocycles. The SMILES string of the molecule is CCOc1ccc(C(C)NC(=O)N2CCC(C(=O)O)C2)cc1OCC. The van der Waals surface area contributed by atoms with E-state index in [1.165, 1.54) is 0 Å². The van der Waals surface area contributed by atoms with Crippen LogP contribution in [0.25, 0.3) is 0 Å². The Hall–Kier alpha value is -2.44. The number of aliphatic carboxylic acids is 1. The highest BCUT2D eigenvalue weighted by atomic mass is 16.5. The molecule has 25 heavy (non-hydrogen) atoms. The Morgan fingerprint density at radius 3 is 2.56 bits per heavy atom.